The first-order valence-corrected chi connectivity index (χ1v) is 8.13. The molecule has 0 heterocycles. The molecule has 0 radical (unpaired) electrons. The summed E-state index contributed by atoms with van der Waals surface area (Å²) in [5, 5.41) is 3.47. The molecule has 22 heavy (non-hydrogen) atoms. The first kappa shape index (κ1) is 16.4. The van der Waals surface area contributed by atoms with Crippen LogP contribution < -0.4 is 10.1 Å². The third-order valence-electron chi connectivity index (χ3n) is 3.82. The van der Waals surface area contributed by atoms with Crippen LogP contribution in [0.2, 0.25) is 0 Å². The van der Waals surface area contributed by atoms with E-state index in [9.17, 15) is 0 Å². The molecule has 0 unspecified atom stereocenters. The van der Waals surface area contributed by atoms with Gasteiger partial charge < -0.3 is 10.1 Å². The van der Waals surface area contributed by atoms with Gasteiger partial charge in [0.1, 0.15) is 12.4 Å². The predicted molar refractivity (Wildman–Crippen MR) is 95.0 cm³/mol. The fourth-order valence-electron chi connectivity index (χ4n) is 2.46. The Morgan fingerprint density at radius 3 is 2.18 bits per heavy atom. The highest BCUT2D eigenvalue weighted by Crippen LogP contribution is 2.23. The maximum atomic E-state index is 5.80. The van der Waals surface area contributed by atoms with Gasteiger partial charge in [0.2, 0.25) is 0 Å². The number of nitrogens with one attached hydrogen (secondary N) is 1. The minimum absolute atomic E-state index is 0.521. The second kappa shape index (κ2) is 7.88. The van der Waals surface area contributed by atoms with Gasteiger partial charge in [0.25, 0.3) is 0 Å². The molecule has 2 rings (SSSR count). The largest absolute Gasteiger partial charge is 0.492 e. The first-order chi connectivity index (χ1) is 10.6. The molecule has 1 N–H and O–H groups in total. The molecular formula is C20H27NO. The van der Waals surface area contributed by atoms with Crippen LogP contribution in [0.4, 0.5) is 5.69 Å². The molecule has 2 aromatic rings. The Morgan fingerprint density at radius 1 is 0.864 bits per heavy atom. The standard InChI is InChI=1S/C20H27NO/c1-15(2)17-9-11-18(12-10-17)22-14-13-21-20-8-6-5-7-19(20)16(3)4/h5-12,15-16,21H,13-14H2,1-4H3. The monoisotopic (exact) mass is 297 g/mol. The van der Waals surface area contributed by atoms with E-state index in [1.807, 2.05) is 0 Å². The number of benzene rings is 2. The van der Waals surface area contributed by atoms with Crippen LogP contribution in [0.5, 0.6) is 5.75 Å². The lowest BCUT2D eigenvalue weighted by Crippen LogP contribution is -2.12. The van der Waals surface area contributed by atoms with Crippen molar-refractivity contribution in [2.24, 2.45) is 0 Å². The predicted octanol–water partition coefficient (Wildman–Crippen LogP) is 5.42. The van der Waals surface area contributed by atoms with Crippen molar-refractivity contribution < 1.29 is 4.74 Å². The van der Waals surface area contributed by atoms with Gasteiger partial charge in [0.05, 0.1) is 0 Å². The zero-order valence-corrected chi connectivity index (χ0v) is 14.1. The number of hydrogen-bond acceptors (Lipinski definition) is 2. The van der Waals surface area contributed by atoms with E-state index < -0.39 is 0 Å². The van der Waals surface area contributed by atoms with E-state index in [1.54, 1.807) is 0 Å². The summed E-state index contributed by atoms with van der Waals surface area (Å²) in [6.07, 6.45) is 0. The molecule has 0 saturated heterocycles. The topological polar surface area (TPSA) is 21.3 Å². The molecule has 0 fully saturated rings. The average Bonchev–Trinajstić information content (AvgIpc) is 2.52. The van der Waals surface area contributed by atoms with E-state index in [2.05, 4.69) is 81.5 Å². The number of para-hydroxylation sites is 1. The van der Waals surface area contributed by atoms with Crippen LogP contribution in [-0.2, 0) is 0 Å². The van der Waals surface area contributed by atoms with Crippen LogP contribution in [0.15, 0.2) is 48.5 Å². The molecule has 0 atom stereocenters. The zero-order valence-electron chi connectivity index (χ0n) is 14.1. The summed E-state index contributed by atoms with van der Waals surface area (Å²) in [6, 6.07) is 16.9. The van der Waals surface area contributed by atoms with Gasteiger partial charge in [-0.05, 0) is 41.2 Å². The van der Waals surface area contributed by atoms with E-state index in [0.29, 0.717) is 18.4 Å². The molecule has 0 bridgehead atoms. The normalized spacial score (nSPS) is 11.0. The van der Waals surface area contributed by atoms with E-state index >= 15 is 0 Å². The van der Waals surface area contributed by atoms with Gasteiger partial charge in [0, 0.05) is 12.2 Å². The summed E-state index contributed by atoms with van der Waals surface area (Å²) in [5.74, 6) is 2.01. The van der Waals surface area contributed by atoms with Gasteiger partial charge in [-0.1, -0.05) is 58.0 Å². The minimum Gasteiger partial charge on any atom is -0.492 e. The van der Waals surface area contributed by atoms with Crippen LogP contribution >= 0.6 is 0 Å². The van der Waals surface area contributed by atoms with Gasteiger partial charge in [-0.25, -0.2) is 0 Å². The number of ether oxygens (including phenoxy) is 1. The second-order valence-corrected chi connectivity index (χ2v) is 6.24. The lowest BCUT2D eigenvalue weighted by Gasteiger charge is -2.15. The van der Waals surface area contributed by atoms with Crippen LogP contribution in [0.3, 0.4) is 0 Å². The van der Waals surface area contributed by atoms with E-state index in [4.69, 9.17) is 4.74 Å². The molecule has 0 aliphatic carbocycles. The molecule has 2 nitrogen and oxygen atoms in total. The Kier molecular flexibility index (Phi) is 5.88. The Balaban J connectivity index is 1.82. The quantitative estimate of drug-likeness (QED) is 0.689. The highest BCUT2D eigenvalue weighted by atomic mass is 16.5. The Bertz CT molecular complexity index is 573. The summed E-state index contributed by atoms with van der Waals surface area (Å²) in [4.78, 5) is 0. The van der Waals surface area contributed by atoms with Crippen LogP contribution in [0.1, 0.15) is 50.7 Å². The highest BCUT2D eigenvalue weighted by Gasteiger charge is 2.05. The van der Waals surface area contributed by atoms with Crippen molar-refractivity contribution in [3.05, 3.63) is 59.7 Å². The van der Waals surface area contributed by atoms with Crippen molar-refractivity contribution in [1.82, 2.24) is 0 Å². The summed E-state index contributed by atoms with van der Waals surface area (Å²) < 4.78 is 5.80. The Hall–Kier alpha value is -1.96. The lowest BCUT2D eigenvalue weighted by atomic mass is 10.0. The summed E-state index contributed by atoms with van der Waals surface area (Å²) in [6.45, 7) is 10.3. The van der Waals surface area contributed by atoms with Gasteiger partial charge in [-0.15, -0.1) is 0 Å². The van der Waals surface area contributed by atoms with E-state index in [1.165, 1.54) is 16.8 Å². The molecule has 0 amide bonds. The van der Waals surface area contributed by atoms with Gasteiger partial charge in [0.15, 0.2) is 0 Å². The minimum atomic E-state index is 0.521. The van der Waals surface area contributed by atoms with Crippen LogP contribution in [-0.4, -0.2) is 13.2 Å². The third kappa shape index (κ3) is 4.52. The fraction of sp³-hybridized carbons (Fsp3) is 0.400. The molecule has 0 aromatic heterocycles. The van der Waals surface area contributed by atoms with Crippen LogP contribution in [0.25, 0.3) is 0 Å². The molecular weight excluding hydrogens is 270 g/mol. The molecule has 0 aliphatic heterocycles. The van der Waals surface area contributed by atoms with Crippen molar-refractivity contribution in [3.63, 3.8) is 0 Å². The Labute approximate surface area is 134 Å². The molecule has 0 saturated carbocycles. The van der Waals surface area contributed by atoms with Gasteiger partial charge >= 0.3 is 0 Å². The SMILES string of the molecule is CC(C)c1ccc(OCCNc2ccccc2C(C)C)cc1. The van der Waals surface area contributed by atoms with E-state index in [0.717, 1.165) is 12.3 Å². The van der Waals surface area contributed by atoms with Crippen molar-refractivity contribution in [3.8, 4) is 5.75 Å². The number of rotatable bonds is 7. The first-order valence-electron chi connectivity index (χ1n) is 8.13. The fourth-order valence-corrected chi connectivity index (χ4v) is 2.46. The molecule has 0 aliphatic rings. The lowest BCUT2D eigenvalue weighted by molar-refractivity contribution is 0.332. The summed E-state index contributed by atoms with van der Waals surface area (Å²) in [7, 11) is 0. The number of hydrogen-bond donors (Lipinski definition) is 1. The van der Waals surface area contributed by atoms with Crippen molar-refractivity contribution in [2.75, 3.05) is 18.5 Å². The number of anilines is 1. The molecule has 2 aromatic carbocycles. The highest BCUT2D eigenvalue weighted by molar-refractivity contribution is 5.52. The zero-order chi connectivity index (χ0) is 15.9. The summed E-state index contributed by atoms with van der Waals surface area (Å²) >= 11 is 0. The average molecular weight is 297 g/mol. The van der Waals surface area contributed by atoms with Gasteiger partial charge in [-0.2, -0.15) is 0 Å². The molecule has 0 spiro atoms. The molecule has 2 heteroatoms. The third-order valence-corrected chi connectivity index (χ3v) is 3.82. The molecule has 118 valence electrons. The van der Waals surface area contributed by atoms with Crippen LogP contribution in [0, 0.1) is 0 Å². The Morgan fingerprint density at radius 2 is 1.55 bits per heavy atom. The van der Waals surface area contributed by atoms with Crippen molar-refractivity contribution in [2.45, 2.75) is 39.5 Å². The second-order valence-electron chi connectivity index (χ2n) is 6.24. The maximum Gasteiger partial charge on any atom is 0.119 e. The smallest absolute Gasteiger partial charge is 0.119 e. The van der Waals surface area contributed by atoms with Crippen molar-refractivity contribution >= 4 is 5.69 Å². The van der Waals surface area contributed by atoms with Crippen molar-refractivity contribution in [1.29, 1.82) is 0 Å². The van der Waals surface area contributed by atoms with Gasteiger partial charge in [-0.3, -0.25) is 0 Å². The maximum absolute atomic E-state index is 5.80. The summed E-state index contributed by atoms with van der Waals surface area (Å²) in [5.41, 5.74) is 3.90. The van der Waals surface area contributed by atoms with E-state index in [-0.39, 0.29) is 0 Å².